The van der Waals surface area contributed by atoms with Crippen LogP contribution in [0.25, 0.3) is 11.3 Å². The van der Waals surface area contributed by atoms with Crippen LogP contribution in [0.2, 0.25) is 0 Å². The third kappa shape index (κ3) is 2.17. The molecule has 0 saturated heterocycles. The van der Waals surface area contributed by atoms with Crippen LogP contribution in [-0.4, -0.2) is 11.7 Å². The van der Waals surface area contributed by atoms with E-state index in [0.717, 1.165) is 22.6 Å². The first-order valence-corrected chi connectivity index (χ1v) is 5.48. The molecular weight excluding hydrogens is 200 g/mol. The predicted molar refractivity (Wildman–Crippen MR) is 64.4 cm³/mol. The van der Waals surface area contributed by atoms with E-state index in [0.29, 0.717) is 6.42 Å². The number of aliphatic hydroxyl groups excluding tert-OH is 1. The monoisotopic (exact) mass is 216 g/mol. The first kappa shape index (κ1) is 11.0. The van der Waals surface area contributed by atoms with Crippen molar-refractivity contribution in [3.8, 4) is 11.3 Å². The lowest BCUT2D eigenvalue weighted by molar-refractivity contribution is 0.298. The molecular formula is C14H16O2. The minimum absolute atomic E-state index is 0.160. The highest BCUT2D eigenvalue weighted by Gasteiger charge is 2.08. The lowest BCUT2D eigenvalue weighted by Crippen LogP contribution is -1.89. The third-order valence-corrected chi connectivity index (χ3v) is 2.74. The lowest BCUT2D eigenvalue weighted by Gasteiger charge is -1.96. The molecule has 84 valence electrons. The Labute approximate surface area is 95.5 Å². The summed E-state index contributed by atoms with van der Waals surface area (Å²) in [6.45, 7) is 4.16. The molecule has 0 radical (unpaired) electrons. The van der Waals surface area contributed by atoms with Crippen molar-refractivity contribution in [1.82, 2.24) is 0 Å². The van der Waals surface area contributed by atoms with Gasteiger partial charge in [0.2, 0.25) is 0 Å². The van der Waals surface area contributed by atoms with Crippen LogP contribution in [0.4, 0.5) is 0 Å². The zero-order chi connectivity index (χ0) is 11.5. The van der Waals surface area contributed by atoms with E-state index in [2.05, 4.69) is 31.2 Å². The molecule has 0 saturated carbocycles. The van der Waals surface area contributed by atoms with Gasteiger partial charge < -0.3 is 9.52 Å². The van der Waals surface area contributed by atoms with Gasteiger partial charge in [0.1, 0.15) is 11.5 Å². The van der Waals surface area contributed by atoms with Gasteiger partial charge in [-0.3, -0.25) is 0 Å². The van der Waals surface area contributed by atoms with Crippen molar-refractivity contribution in [2.75, 3.05) is 6.61 Å². The third-order valence-electron chi connectivity index (χ3n) is 2.74. The Hall–Kier alpha value is -1.54. The molecule has 0 aliphatic rings. The topological polar surface area (TPSA) is 33.4 Å². The molecule has 0 amide bonds. The Morgan fingerprint density at radius 3 is 2.44 bits per heavy atom. The van der Waals surface area contributed by atoms with Crippen LogP contribution in [0.15, 0.2) is 34.7 Å². The number of aryl methyl sites for hydroxylation is 2. The fraction of sp³-hybridized carbons (Fsp3) is 0.286. The molecule has 0 aliphatic heterocycles. The summed E-state index contributed by atoms with van der Waals surface area (Å²) in [6.07, 6.45) is 0.654. The van der Waals surface area contributed by atoms with E-state index in [4.69, 9.17) is 9.52 Å². The Morgan fingerprint density at radius 2 is 1.81 bits per heavy atom. The molecule has 1 heterocycles. The molecule has 1 aromatic carbocycles. The molecule has 2 aromatic rings. The number of rotatable bonds is 3. The number of benzene rings is 1. The molecule has 16 heavy (non-hydrogen) atoms. The highest BCUT2D eigenvalue weighted by atomic mass is 16.3. The van der Waals surface area contributed by atoms with Crippen molar-refractivity contribution in [3.05, 3.63) is 47.2 Å². The molecule has 0 bridgehead atoms. The van der Waals surface area contributed by atoms with Crippen molar-refractivity contribution in [2.45, 2.75) is 20.3 Å². The van der Waals surface area contributed by atoms with Crippen molar-refractivity contribution in [1.29, 1.82) is 0 Å². The van der Waals surface area contributed by atoms with E-state index in [1.165, 1.54) is 5.56 Å². The standard InChI is InChI=1S/C14H16O2/c1-10-3-5-12(6-4-10)14-9-13(7-8-15)11(2)16-14/h3-6,9,15H,7-8H2,1-2H3. The smallest absolute Gasteiger partial charge is 0.134 e. The average molecular weight is 216 g/mol. The normalized spacial score (nSPS) is 10.7. The second-order valence-electron chi connectivity index (χ2n) is 4.03. The molecule has 1 aromatic heterocycles. The van der Waals surface area contributed by atoms with Crippen LogP contribution < -0.4 is 0 Å². The van der Waals surface area contributed by atoms with Crippen LogP contribution in [0, 0.1) is 13.8 Å². The largest absolute Gasteiger partial charge is 0.461 e. The second kappa shape index (κ2) is 4.54. The van der Waals surface area contributed by atoms with Gasteiger partial charge >= 0.3 is 0 Å². The second-order valence-corrected chi connectivity index (χ2v) is 4.03. The molecule has 1 N–H and O–H groups in total. The summed E-state index contributed by atoms with van der Waals surface area (Å²) in [4.78, 5) is 0. The van der Waals surface area contributed by atoms with Crippen molar-refractivity contribution >= 4 is 0 Å². The SMILES string of the molecule is Cc1ccc(-c2cc(CCO)c(C)o2)cc1. The van der Waals surface area contributed by atoms with E-state index in [1.54, 1.807) is 0 Å². The van der Waals surface area contributed by atoms with Crippen molar-refractivity contribution in [3.63, 3.8) is 0 Å². The highest BCUT2D eigenvalue weighted by molar-refractivity contribution is 5.59. The number of hydrogen-bond acceptors (Lipinski definition) is 2. The number of furan rings is 1. The van der Waals surface area contributed by atoms with E-state index in [-0.39, 0.29) is 6.61 Å². The molecule has 0 unspecified atom stereocenters. The number of hydrogen-bond donors (Lipinski definition) is 1. The Bertz CT molecular complexity index is 466. The Balaban J connectivity index is 2.33. The number of aliphatic hydroxyl groups is 1. The zero-order valence-corrected chi connectivity index (χ0v) is 9.66. The average Bonchev–Trinajstić information content (AvgIpc) is 2.62. The molecule has 2 rings (SSSR count). The van der Waals surface area contributed by atoms with E-state index in [9.17, 15) is 0 Å². The van der Waals surface area contributed by atoms with Gasteiger partial charge in [0.25, 0.3) is 0 Å². The Morgan fingerprint density at radius 1 is 1.12 bits per heavy atom. The summed E-state index contributed by atoms with van der Waals surface area (Å²) in [5, 5.41) is 8.92. The summed E-state index contributed by atoms with van der Waals surface area (Å²) < 4.78 is 5.68. The maximum Gasteiger partial charge on any atom is 0.134 e. The van der Waals surface area contributed by atoms with E-state index >= 15 is 0 Å². The van der Waals surface area contributed by atoms with Crippen molar-refractivity contribution in [2.24, 2.45) is 0 Å². The fourth-order valence-corrected chi connectivity index (χ4v) is 1.75. The van der Waals surface area contributed by atoms with Crippen LogP contribution >= 0.6 is 0 Å². The van der Waals surface area contributed by atoms with Gasteiger partial charge in [0, 0.05) is 12.2 Å². The van der Waals surface area contributed by atoms with Gasteiger partial charge in [-0.15, -0.1) is 0 Å². The van der Waals surface area contributed by atoms with Gasteiger partial charge in [-0.2, -0.15) is 0 Å². The fourth-order valence-electron chi connectivity index (χ4n) is 1.75. The quantitative estimate of drug-likeness (QED) is 0.855. The zero-order valence-electron chi connectivity index (χ0n) is 9.66. The summed E-state index contributed by atoms with van der Waals surface area (Å²) in [5.41, 5.74) is 3.40. The molecule has 2 nitrogen and oxygen atoms in total. The summed E-state index contributed by atoms with van der Waals surface area (Å²) in [5.74, 6) is 1.77. The van der Waals surface area contributed by atoms with Crippen LogP contribution in [0.5, 0.6) is 0 Å². The van der Waals surface area contributed by atoms with Crippen molar-refractivity contribution < 1.29 is 9.52 Å². The maximum absolute atomic E-state index is 8.92. The first-order valence-electron chi connectivity index (χ1n) is 5.48. The lowest BCUT2D eigenvalue weighted by atomic mass is 10.1. The molecule has 0 aliphatic carbocycles. The van der Waals surface area contributed by atoms with Gasteiger partial charge in [0.15, 0.2) is 0 Å². The van der Waals surface area contributed by atoms with E-state index in [1.807, 2.05) is 13.0 Å². The molecule has 0 atom stereocenters. The van der Waals surface area contributed by atoms with Gasteiger partial charge in [0.05, 0.1) is 0 Å². The maximum atomic E-state index is 8.92. The van der Waals surface area contributed by atoms with Gasteiger partial charge in [-0.05, 0) is 31.9 Å². The van der Waals surface area contributed by atoms with Gasteiger partial charge in [-0.25, -0.2) is 0 Å². The highest BCUT2D eigenvalue weighted by Crippen LogP contribution is 2.25. The summed E-state index contributed by atoms with van der Waals surface area (Å²) >= 11 is 0. The first-order chi connectivity index (χ1) is 7.70. The molecule has 0 fully saturated rings. The minimum Gasteiger partial charge on any atom is -0.461 e. The molecule has 2 heteroatoms. The van der Waals surface area contributed by atoms with Crippen LogP contribution in [0.1, 0.15) is 16.9 Å². The summed E-state index contributed by atoms with van der Waals surface area (Å²) in [7, 11) is 0. The summed E-state index contributed by atoms with van der Waals surface area (Å²) in [6, 6.07) is 10.3. The van der Waals surface area contributed by atoms with Gasteiger partial charge in [-0.1, -0.05) is 29.8 Å². The van der Waals surface area contributed by atoms with Crippen LogP contribution in [0.3, 0.4) is 0 Å². The Kier molecular flexibility index (Phi) is 3.11. The van der Waals surface area contributed by atoms with E-state index < -0.39 is 0 Å². The molecule has 0 spiro atoms. The predicted octanol–water partition coefficient (Wildman–Crippen LogP) is 3.10. The van der Waals surface area contributed by atoms with Crippen LogP contribution in [-0.2, 0) is 6.42 Å². The minimum atomic E-state index is 0.160.